The summed E-state index contributed by atoms with van der Waals surface area (Å²) in [6, 6.07) is 8.08. The molecule has 1 aliphatic heterocycles. The summed E-state index contributed by atoms with van der Waals surface area (Å²) in [5.74, 6) is -1.51. The summed E-state index contributed by atoms with van der Waals surface area (Å²) < 4.78 is 48.4. The van der Waals surface area contributed by atoms with Gasteiger partial charge in [-0.25, -0.2) is 9.59 Å². The van der Waals surface area contributed by atoms with E-state index in [0.29, 0.717) is 6.07 Å². The van der Waals surface area contributed by atoms with Crippen LogP contribution in [0.1, 0.15) is 22.3 Å². The maximum Gasteiger partial charge on any atom is 0.416 e. The van der Waals surface area contributed by atoms with Crippen LogP contribution in [0.5, 0.6) is 0 Å². The summed E-state index contributed by atoms with van der Waals surface area (Å²) in [6.07, 6.45) is -5.56. The molecular weight excluding hydrogens is 415 g/mol. The molecule has 2 aromatic carbocycles. The largest absolute Gasteiger partial charge is 0.463 e. The van der Waals surface area contributed by atoms with E-state index in [0.717, 1.165) is 23.9 Å². The number of alkyl halides is 3. The molecule has 1 atom stereocenters. The molecule has 0 amide bonds. The van der Waals surface area contributed by atoms with E-state index in [4.69, 9.17) is 9.47 Å². The average molecular weight is 427 g/mol. The Labute approximate surface area is 165 Å². The third kappa shape index (κ3) is 4.67. The number of hydrogen-bond donors (Lipinski definition) is 0. The predicted molar refractivity (Wildman–Crippen MR) is 93.4 cm³/mol. The van der Waals surface area contributed by atoms with Crippen molar-refractivity contribution < 1.29 is 37.2 Å². The molecule has 1 fully saturated rings. The van der Waals surface area contributed by atoms with E-state index < -0.39 is 40.4 Å². The van der Waals surface area contributed by atoms with Gasteiger partial charge < -0.3 is 9.47 Å². The Bertz CT molecular complexity index is 978. The first-order valence-electron chi connectivity index (χ1n) is 8.17. The van der Waals surface area contributed by atoms with Crippen LogP contribution >= 0.6 is 11.8 Å². The van der Waals surface area contributed by atoms with Crippen molar-refractivity contribution in [3.63, 3.8) is 0 Å². The topological polar surface area (TPSA) is 95.7 Å². The molecule has 0 saturated carbocycles. The Hall–Kier alpha value is -3.08. The van der Waals surface area contributed by atoms with Gasteiger partial charge in [0.05, 0.1) is 27.6 Å². The van der Waals surface area contributed by atoms with Crippen LogP contribution in [-0.2, 0) is 20.4 Å². The molecule has 0 N–H and O–H groups in total. The monoisotopic (exact) mass is 427 g/mol. The number of carbonyl (C=O) groups excluding carboxylic acids is 2. The lowest BCUT2D eigenvalue weighted by Gasteiger charge is -2.12. The molecule has 0 spiro atoms. The maximum absolute atomic E-state index is 12.9. The van der Waals surface area contributed by atoms with Gasteiger partial charge in [-0.1, -0.05) is 23.9 Å². The number of halogens is 3. The van der Waals surface area contributed by atoms with Gasteiger partial charge in [0.2, 0.25) is 6.10 Å². The molecule has 0 aliphatic carbocycles. The summed E-state index contributed by atoms with van der Waals surface area (Å²) in [4.78, 5) is 34.4. The molecule has 1 heterocycles. The average Bonchev–Trinajstić information content (AvgIpc) is 3.06. The number of nitro benzene ring substituents is 1. The zero-order valence-corrected chi connectivity index (χ0v) is 15.3. The predicted octanol–water partition coefficient (Wildman–Crippen LogP) is 4.24. The fourth-order valence-electron chi connectivity index (χ4n) is 2.54. The molecule has 7 nitrogen and oxygen atoms in total. The highest BCUT2D eigenvalue weighted by atomic mass is 32.2. The Balaban J connectivity index is 1.90. The van der Waals surface area contributed by atoms with Crippen LogP contribution in [0.2, 0.25) is 0 Å². The highest BCUT2D eigenvalue weighted by molar-refractivity contribution is 7.99. The van der Waals surface area contributed by atoms with Gasteiger partial charge in [0.1, 0.15) is 0 Å². The molecule has 11 heteroatoms. The Morgan fingerprint density at radius 3 is 2.55 bits per heavy atom. The fourth-order valence-corrected chi connectivity index (χ4v) is 3.56. The molecule has 1 unspecified atom stereocenters. The maximum atomic E-state index is 12.9. The molecule has 29 heavy (non-hydrogen) atoms. The van der Waals surface area contributed by atoms with E-state index in [-0.39, 0.29) is 28.4 Å². The zero-order valence-electron chi connectivity index (χ0n) is 14.5. The summed E-state index contributed by atoms with van der Waals surface area (Å²) in [7, 11) is 0. The minimum Gasteiger partial charge on any atom is -0.463 e. The molecule has 1 aliphatic rings. The summed E-state index contributed by atoms with van der Waals surface area (Å²) in [6.45, 7) is 0.130. The van der Waals surface area contributed by atoms with Crippen molar-refractivity contribution >= 4 is 29.4 Å². The van der Waals surface area contributed by atoms with Crippen LogP contribution in [0.15, 0.2) is 52.3 Å². The smallest absolute Gasteiger partial charge is 0.416 e. The van der Waals surface area contributed by atoms with Gasteiger partial charge in [-0.2, -0.15) is 13.2 Å². The molecule has 152 valence electrons. The summed E-state index contributed by atoms with van der Waals surface area (Å²) in [5.41, 5.74) is -1.88. The first-order valence-corrected chi connectivity index (χ1v) is 8.98. The number of esters is 2. The Morgan fingerprint density at radius 2 is 1.93 bits per heavy atom. The van der Waals surface area contributed by atoms with E-state index in [9.17, 15) is 32.9 Å². The fraction of sp³-hybridized carbons (Fsp3) is 0.222. The van der Waals surface area contributed by atoms with Gasteiger partial charge in [-0.05, 0) is 24.3 Å². The van der Waals surface area contributed by atoms with Gasteiger partial charge in [-0.15, -0.1) is 0 Å². The standard InChI is InChI=1S/C18H12F3NO6S/c19-18(20,21)10-5-6-15(12(9-10)22(25)26)29-14-4-2-1-3-11(14)16(23)28-13-7-8-27-17(13)24/h1-6,9,13H,7-8H2. The van der Waals surface area contributed by atoms with Crippen LogP contribution in [0, 0.1) is 10.1 Å². The number of ether oxygens (including phenoxy) is 2. The van der Waals surface area contributed by atoms with Crippen LogP contribution in [0.25, 0.3) is 0 Å². The van der Waals surface area contributed by atoms with Crippen LogP contribution in [0.3, 0.4) is 0 Å². The quantitative estimate of drug-likeness (QED) is 0.400. The van der Waals surface area contributed by atoms with Crippen molar-refractivity contribution in [1.82, 2.24) is 0 Å². The second-order valence-corrected chi connectivity index (χ2v) is 6.97. The van der Waals surface area contributed by atoms with Gasteiger partial charge in [0, 0.05) is 17.4 Å². The third-order valence-corrected chi connectivity index (χ3v) is 5.09. The van der Waals surface area contributed by atoms with Gasteiger partial charge >= 0.3 is 18.1 Å². The van der Waals surface area contributed by atoms with E-state index in [1.54, 1.807) is 6.07 Å². The normalized spacial score (nSPS) is 16.4. The van der Waals surface area contributed by atoms with E-state index in [1.807, 2.05) is 0 Å². The number of rotatable bonds is 5. The SMILES string of the molecule is O=C(OC1CCOC1=O)c1ccccc1Sc1ccc(C(F)(F)F)cc1[N+](=O)[O-]. The first kappa shape index (κ1) is 20.6. The minimum atomic E-state index is -4.73. The lowest BCUT2D eigenvalue weighted by Crippen LogP contribution is -2.23. The van der Waals surface area contributed by atoms with Gasteiger partial charge in [0.25, 0.3) is 5.69 Å². The first-order chi connectivity index (χ1) is 13.7. The zero-order chi connectivity index (χ0) is 21.2. The lowest BCUT2D eigenvalue weighted by molar-refractivity contribution is -0.388. The summed E-state index contributed by atoms with van der Waals surface area (Å²) in [5, 5.41) is 11.3. The minimum absolute atomic E-state index is 0.0198. The second-order valence-electron chi connectivity index (χ2n) is 5.89. The second kappa shape index (κ2) is 8.11. The Kier molecular flexibility index (Phi) is 5.78. The highest BCUT2D eigenvalue weighted by Gasteiger charge is 2.34. The van der Waals surface area contributed by atoms with Gasteiger partial charge in [0.15, 0.2) is 0 Å². The third-order valence-electron chi connectivity index (χ3n) is 3.95. The number of nitrogens with zero attached hydrogens (tertiary/aromatic N) is 1. The number of nitro groups is 1. The van der Waals surface area contributed by atoms with Crippen molar-refractivity contribution in [2.24, 2.45) is 0 Å². The highest BCUT2D eigenvalue weighted by Crippen LogP contribution is 2.40. The van der Waals surface area contributed by atoms with E-state index in [1.165, 1.54) is 18.2 Å². The van der Waals surface area contributed by atoms with Crippen molar-refractivity contribution in [1.29, 1.82) is 0 Å². The molecule has 0 radical (unpaired) electrons. The number of carbonyl (C=O) groups is 2. The van der Waals surface area contributed by atoms with Crippen molar-refractivity contribution in [2.75, 3.05) is 6.61 Å². The molecular formula is C18H12F3NO6S. The Morgan fingerprint density at radius 1 is 1.21 bits per heavy atom. The van der Waals surface area contributed by atoms with Crippen molar-refractivity contribution in [3.05, 3.63) is 63.7 Å². The molecule has 2 aromatic rings. The molecule has 0 bridgehead atoms. The van der Waals surface area contributed by atoms with Crippen LogP contribution < -0.4 is 0 Å². The number of cyclic esters (lactones) is 1. The van der Waals surface area contributed by atoms with Crippen molar-refractivity contribution in [2.45, 2.75) is 28.5 Å². The number of hydrogen-bond acceptors (Lipinski definition) is 7. The van der Waals surface area contributed by atoms with Crippen LogP contribution in [0.4, 0.5) is 18.9 Å². The molecule has 1 saturated heterocycles. The lowest BCUT2D eigenvalue weighted by atomic mass is 10.2. The van der Waals surface area contributed by atoms with E-state index >= 15 is 0 Å². The van der Waals surface area contributed by atoms with E-state index in [2.05, 4.69) is 0 Å². The van der Waals surface area contributed by atoms with Gasteiger partial charge in [-0.3, -0.25) is 10.1 Å². The summed E-state index contributed by atoms with van der Waals surface area (Å²) >= 11 is 0.750. The van der Waals surface area contributed by atoms with Crippen LogP contribution in [-0.4, -0.2) is 29.6 Å². The van der Waals surface area contributed by atoms with Crippen molar-refractivity contribution in [3.8, 4) is 0 Å². The molecule has 0 aromatic heterocycles. The molecule has 3 rings (SSSR count). The number of benzene rings is 2.